The van der Waals surface area contributed by atoms with E-state index in [4.69, 9.17) is 4.98 Å². The topological polar surface area (TPSA) is 24.9 Å². The van der Waals surface area contributed by atoms with Crippen LogP contribution in [0.3, 0.4) is 0 Å². The number of hydrogen-bond donors (Lipinski definition) is 1. The normalized spacial score (nSPS) is 21.5. The second-order valence-corrected chi connectivity index (χ2v) is 5.67. The molecule has 2 rings (SSSR count). The maximum atomic E-state index is 4.84. The summed E-state index contributed by atoms with van der Waals surface area (Å²) in [5.74, 6) is 1.24. The van der Waals surface area contributed by atoms with Crippen LogP contribution in [0, 0.1) is 0 Å². The lowest BCUT2D eigenvalue weighted by Crippen LogP contribution is -2.07. The average molecular weight is 224 g/mol. The standard InChI is InChI=1S/C12H20N2S/c1-4-10-11(8(2)3)14-12(15-10)9-5-6-13-7-9/h8-9,13H,4-7H2,1-3H3. The van der Waals surface area contributed by atoms with E-state index in [1.54, 1.807) is 0 Å². The number of aryl methyl sites for hydroxylation is 1. The van der Waals surface area contributed by atoms with Gasteiger partial charge in [-0.15, -0.1) is 11.3 Å². The van der Waals surface area contributed by atoms with Crippen LogP contribution in [-0.2, 0) is 6.42 Å². The van der Waals surface area contributed by atoms with Gasteiger partial charge in [-0.2, -0.15) is 0 Å². The van der Waals surface area contributed by atoms with Crippen molar-refractivity contribution in [3.63, 3.8) is 0 Å². The number of rotatable bonds is 3. The summed E-state index contributed by atoms with van der Waals surface area (Å²) in [7, 11) is 0. The van der Waals surface area contributed by atoms with Crippen molar-refractivity contribution < 1.29 is 0 Å². The van der Waals surface area contributed by atoms with Crippen LogP contribution in [0.4, 0.5) is 0 Å². The molecule has 1 aromatic rings. The Morgan fingerprint density at radius 3 is 2.80 bits per heavy atom. The lowest BCUT2D eigenvalue weighted by molar-refractivity contribution is 0.735. The molecule has 0 spiro atoms. The van der Waals surface area contributed by atoms with Crippen molar-refractivity contribution in [3.8, 4) is 0 Å². The third kappa shape index (κ3) is 2.23. The molecule has 1 aliphatic rings. The monoisotopic (exact) mass is 224 g/mol. The average Bonchev–Trinajstić information content (AvgIpc) is 2.86. The zero-order valence-corrected chi connectivity index (χ0v) is 10.7. The first-order valence-electron chi connectivity index (χ1n) is 5.92. The van der Waals surface area contributed by atoms with Crippen molar-refractivity contribution >= 4 is 11.3 Å². The summed E-state index contributed by atoms with van der Waals surface area (Å²) in [6, 6.07) is 0. The zero-order chi connectivity index (χ0) is 10.8. The molecule has 0 saturated carbocycles. The fourth-order valence-corrected chi connectivity index (χ4v) is 3.42. The van der Waals surface area contributed by atoms with Gasteiger partial charge < -0.3 is 5.32 Å². The Kier molecular flexibility index (Phi) is 3.42. The highest BCUT2D eigenvalue weighted by Crippen LogP contribution is 2.32. The van der Waals surface area contributed by atoms with Crippen LogP contribution in [0.25, 0.3) is 0 Å². The highest BCUT2D eigenvalue weighted by molar-refractivity contribution is 7.11. The summed E-state index contributed by atoms with van der Waals surface area (Å²) in [5, 5.41) is 4.78. The number of nitrogens with one attached hydrogen (secondary N) is 1. The molecular formula is C12H20N2S. The van der Waals surface area contributed by atoms with Crippen LogP contribution in [0.1, 0.15) is 54.6 Å². The van der Waals surface area contributed by atoms with Gasteiger partial charge in [-0.1, -0.05) is 20.8 Å². The molecular weight excluding hydrogens is 204 g/mol. The summed E-state index contributed by atoms with van der Waals surface area (Å²) in [6.45, 7) is 8.99. The zero-order valence-electron chi connectivity index (χ0n) is 9.84. The Balaban J connectivity index is 2.25. The first-order valence-corrected chi connectivity index (χ1v) is 6.74. The van der Waals surface area contributed by atoms with Gasteiger partial charge in [0.05, 0.1) is 10.7 Å². The maximum Gasteiger partial charge on any atom is 0.0975 e. The van der Waals surface area contributed by atoms with Crippen LogP contribution in [0.15, 0.2) is 0 Å². The Morgan fingerprint density at radius 2 is 2.33 bits per heavy atom. The van der Waals surface area contributed by atoms with Gasteiger partial charge in [-0.05, 0) is 25.3 Å². The Labute approximate surface area is 96.1 Å². The molecule has 0 aromatic carbocycles. The van der Waals surface area contributed by atoms with Crippen LogP contribution >= 0.6 is 11.3 Å². The third-order valence-corrected chi connectivity index (χ3v) is 4.40. The number of aromatic nitrogens is 1. The molecule has 0 amide bonds. The molecule has 3 heteroatoms. The largest absolute Gasteiger partial charge is 0.316 e. The quantitative estimate of drug-likeness (QED) is 0.854. The number of nitrogens with zero attached hydrogens (tertiary/aromatic N) is 1. The van der Waals surface area contributed by atoms with Crippen molar-refractivity contribution in [2.24, 2.45) is 0 Å². The van der Waals surface area contributed by atoms with E-state index in [0.717, 1.165) is 19.5 Å². The van der Waals surface area contributed by atoms with Gasteiger partial charge in [0, 0.05) is 17.3 Å². The van der Waals surface area contributed by atoms with Gasteiger partial charge in [0.1, 0.15) is 0 Å². The Bertz CT molecular complexity index is 324. The summed E-state index contributed by atoms with van der Waals surface area (Å²) in [6.07, 6.45) is 2.39. The van der Waals surface area contributed by atoms with Crippen LogP contribution in [0.2, 0.25) is 0 Å². The lowest BCUT2D eigenvalue weighted by Gasteiger charge is -2.03. The molecule has 2 heterocycles. The SMILES string of the molecule is CCc1sc(C2CCNC2)nc1C(C)C. The van der Waals surface area contributed by atoms with Crippen molar-refractivity contribution in [1.82, 2.24) is 10.3 Å². The summed E-state index contributed by atoms with van der Waals surface area (Å²) >= 11 is 1.93. The van der Waals surface area contributed by atoms with Gasteiger partial charge in [-0.25, -0.2) is 4.98 Å². The minimum absolute atomic E-state index is 0.569. The molecule has 1 aromatic heterocycles. The minimum Gasteiger partial charge on any atom is -0.316 e. The Morgan fingerprint density at radius 1 is 1.53 bits per heavy atom. The molecule has 1 aliphatic heterocycles. The van der Waals surface area contributed by atoms with Crippen molar-refractivity contribution in [1.29, 1.82) is 0 Å². The third-order valence-electron chi connectivity index (χ3n) is 3.02. The molecule has 15 heavy (non-hydrogen) atoms. The predicted molar refractivity (Wildman–Crippen MR) is 65.8 cm³/mol. The fraction of sp³-hybridized carbons (Fsp3) is 0.750. The van der Waals surface area contributed by atoms with E-state index >= 15 is 0 Å². The minimum atomic E-state index is 0.569. The molecule has 0 aliphatic carbocycles. The molecule has 0 radical (unpaired) electrons. The molecule has 2 nitrogen and oxygen atoms in total. The second kappa shape index (κ2) is 4.62. The molecule has 1 atom stereocenters. The smallest absolute Gasteiger partial charge is 0.0975 e. The van der Waals surface area contributed by atoms with E-state index in [-0.39, 0.29) is 0 Å². The highest BCUT2D eigenvalue weighted by atomic mass is 32.1. The summed E-state index contributed by atoms with van der Waals surface area (Å²) < 4.78 is 0. The van der Waals surface area contributed by atoms with E-state index < -0.39 is 0 Å². The van der Waals surface area contributed by atoms with E-state index in [2.05, 4.69) is 26.1 Å². The van der Waals surface area contributed by atoms with E-state index in [1.807, 2.05) is 11.3 Å². The van der Waals surface area contributed by atoms with Crippen molar-refractivity contribution in [3.05, 3.63) is 15.6 Å². The van der Waals surface area contributed by atoms with Crippen molar-refractivity contribution in [2.45, 2.75) is 45.4 Å². The summed E-state index contributed by atoms with van der Waals surface area (Å²) in [5.41, 5.74) is 1.34. The molecule has 1 fully saturated rings. The van der Waals surface area contributed by atoms with Gasteiger partial charge in [0.15, 0.2) is 0 Å². The molecule has 1 unspecified atom stereocenters. The molecule has 0 bridgehead atoms. The Hall–Kier alpha value is -0.410. The van der Waals surface area contributed by atoms with Gasteiger partial charge in [0.25, 0.3) is 0 Å². The van der Waals surface area contributed by atoms with E-state index in [0.29, 0.717) is 11.8 Å². The van der Waals surface area contributed by atoms with Crippen molar-refractivity contribution in [2.75, 3.05) is 13.1 Å². The van der Waals surface area contributed by atoms with Gasteiger partial charge in [0.2, 0.25) is 0 Å². The molecule has 84 valence electrons. The van der Waals surface area contributed by atoms with E-state index in [1.165, 1.54) is 22.0 Å². The van der Waals surface area contributed by atoms with Crippen LogP contribution < -0.4 is 5.32 Å². The molecule has 1 saturated heterocycles. The van der Waals surface area contributed by atoms with Gasteiger partial charge >= 0.3 is 0 Å². The second-order valence-electron chi connectivity index (χ2n) is 4.56. The van der Waals surface area contributed by atoms with Crippen LogP contribution in [0.5, 0.6) is 0 Å². The summed E-state index contributed by atoms with van der Waals surface area (Å²) in [4.78, 5) is 6.33. The first-order chi connectivity index (χ1) is 7.22. The number of hydrogen-bond acceptors (Lipinski definition) is 3. The lowest BCUT2D eigenvalue weighted by atomic mass is 10.1. The highest BCUT2D eigenvalue weighted by Gasteiger charge is 2.22. The van der Waals surface area contributed by atoms with Gasteiger partial charge in [-0.3, -0.25) is 0 Å². The number of thiazole rings is 1. The fourth-order valence-electron chi connectivity index (χ4n) is 2.13. The maximum absolute atomic E-state index is 4.84. The van der Waals surface area contributed by atoms with Crippen LogP contribution in [-0.4, -0.2) is 18.1 Å². The first kappa shape index (κ1) is 11.1. The van der Waals surface area contributed by atoms with E-state index in [9.17, 15) is 0 Å². The predicted octanol–water partition coefficient (Wildman–Crippen LogP) is 2.91. The molecule has 1 N–H and O–H groups in total.